The number of carbonyl (C=O) groups excluding carboxylic acids is 1. The molecule has 0 aliphatic heterocycles. The minimum atomic E-state index is -0.740. The van der Waals surface area contributed by atoms with E-state index in [1.807, 2.05) is 0 Å². The van der Waals surface area contributed by atoms with Crippen LogP contribution in [0.15, 0.2) is 4.52 Å². The van der Waals surface area contributed by atoms with E-state index < -0.39 is 5.91 Å². The molecule has 0 saturated heterocycles. The number of aryl methyl sites for hydroxylation is 2. The van der Waals surface area contributed by atoms with Crippen LogP contribution in [0.4, 0.5) is 0 Å². The molecule has 10 heavy (non-hydrogen) atoms. The highest BCUT2D eigenvalue weighted by molar-refractivity contribution is 5.94. The molecule has 1 amide bonds. The lowest BCUT2D eigenvalue weighted by Gasteiger charge is -1.86. The third-order valence-electron chi connectivity index (χ3n) is 1.26. The van der Waals surface area contributed by atoms with Gasteiger partial charge in [-0.2, -0.15) is 0 Å². The molecule has 1 N–H and O–H groups in total. The van der Waals surface area contributed by atoms with Gasteiger partial charge in [0, 0.05) is 0 Å². The SMILES string of the molecule is Cc1noc(C)c1C([NH])=O. The molecule has 0 bridgehead atoms. The minimum Gasteiger partial charge on any atom is -0.361 e. The van der Waals surface area contributed by atoms with Crippen molar-refractivity contribution in [2.75, 3.05) is 0 Å². The number of amides is 1. The van der Waals surface area contributed by atoms with Gasteiger partial charge in [-0.25, -0.2) is 0 Å². The highest BCUT2D eigenvalue weighted by Gasteiger charge is 2.13. The van der Waals surface area contributed by atoms with Crippen molar-refractivity contribution >= 4 is 5.91 Å². The largest absolute Gasteiger partial charge is 0.361 e. The van der Waals surface area contributed by atoms with Crippen molar-refractivity contribution < 1.29 is 9.32 Å². The maximum Gasteiger partial charge on any atom is 0.275 e. The van der Waals surface area contributed by atoms with Gasteiger partial charge in [0.15, 0.2) is 0 Å². The summed E-state index contributed by atoms with van der Waals surface area (Å²) in [6, 6.07) is 0. The van der Waals surface area contributed by atoms with Crippen LogP contribution in [0.25, 0.3) is 0 Å². The highest BCUT2D eigenvalue weighted by Crippen LogP contribution is 2.10. The fourth-order valence-electron chi connectivity index (χ4n) is 0.807. The maximum atomic E-state index is 10.5. The van der Waals surface area contributed by atoms with E-state index in [1.165, 1.54) is 0 Å². The second-order valence-corrected chi connectivity index (χ2v) is 2.03. The monoisotopic (exact) mass is 139 g/mol. The van der Waals surface area contributed by atoms with E-state index in [9.17, 15) is 4.79 Å². The van der Waals surface area contributed by atoms with E-state index in [-0.39, 0.29) is 5.56 Å². The Hall–Kier alpha value is -1.32. The third-order valence-corrected chi connectivity index (χ3v) is 1.26. The van der Waals surface area contributed by atoms with Gasteiger partial charge in [-0.15, -0.1) is 0 Å². The Morgan fingerprint density at radius 1 is 1.60 bits per heavy atom. The molecule has 1 aromatic rings. The Balaban J connectivity index is 3.23. The summed E-state index contributed by atoms with van der Waals surface area (Å²) < 4.78 is 4.67. The lowest BCUT2D eigenvalue weighted by Crippen LogP contribution is -2.00. The Morgan fingerprint density at radius 3 is 2.40 bits per heavy atom. The molecule has 0 unspecified atom stereocenters. The van der Waals surface area contributed by atoms with E-state index in [1.54, 1.807) is 13.8 Å². The van der Waals surface area contributed by atoms with Gasteiger partial charge in [0.05, 0.1) is 5.69 Å². The summed E-state index contributed by atoms with van der Waals surface area (Å²) in [5, 5.41) is 3.52. The number of hydrogen-bond donors (Lipinski definition) is 0. The van der Waals surface area contributed by atoms with Crippen LogP contribution < -0.4 is 5.73 Å². The number of nitrogens with zero attached hydrogens (tertiary/aromatic N) is 1. The van der Waals surface area contributed by atoms with Gasteiger partial charge in [0.1, 0.15) is 11.3 Å². The van der Waals surface area contributed by atoms with Crippen molar-refractivity contribution in [2.45, 2.75) is 13.8 Å². The third kappa shape index (κ3) is 0.877. The molecule has 0 aliphatic rings. The molecule has 0 saturated carbocycles. The first-order valence-electron chi connectivity index (χ1n) is 2.81. The molecule has 0 atom stereocenters. The predicted octanol–water partition coefficient (Wildman–Crippen LogP) is 0.715. The Morgan fingerprint density at radius 2 is 2.20 bits per heavy atom. The lowest BCUT2D eigenvalue weighted by atomic mass is 10.2. The quantitative estimate of drug-likeness (QED) is 0.575. The number of rotatable bonds is 1. The number of nitrogens with one attached hydrogen (secondary N) is 1. The minimum absolute atomic E-state index is 0.278. The average molecular weight is 139 g/mol. The van der Waals surface area contributed by atoms with Crippen molar-refractivity contribution in [1.82, 2.24) is 10.9 Å². The van der Waals surface area contributed by atoms with E-state index in [2.05, 4.69) is 9.68 Å². The molecular weight excluding hydrogens is 132 g/mol. The Labute approximate surface area is 58.0 Å². The molecule has 0 aromatic carbocycles. The Kier molecular flexibility index (Phi) is 1.45. The average Bonchev–Trinajstić information content (AvgIpc) is 2.11. The molecule has 1 radical (unpaired) electrons. The number of aromatic nitrogens is 1. The van der Waals surface area contributed by atoms with E-state index in [4.69, 9.17) is 5.73 Å². The summed E-state index contributed by atoms with van der Waals surface area (Å²) in [5.41, 5.74) is 7.54. The summed E-state index contributed by atoms with van der Waals surface area (Å²) in [7, 11) is 0. The van der Waals surface area contributed by atoms with Crippen molar-refractivity contribution in [3.05, 3.63) is 17.0 Å². The summed E-state index contributed by atoms with van der Waals surface area (Å²) in [6.45, 7) is 3.25. The van der Waals surface area contributed by atoms with Gasteiger partial charge in [-0.1, -0.05) is 5.16 Å². The lowest BCUT2D eigenvalue weighted by molar-refractivity contribution is 0.0990. The first kappa shape index (κ1) is 6.80. The zero-order valence-corrected chi connectivity index (χ0v) is 5.76. The van der Waals surface area contributed by atoms with Crippen molar-refractivity contribution in [2.24, 2.45) is 0 Å². The van der Waals surface area contributed by atoms with Gasteiger partial charge < -0.3 is 4.52 Å². The Bertz CT molecular complexity index is 245. The molecule has 0 spiro atoms. The molecular formula is C6H7N2O2. The second kappa shape index (κ2) is 2.13. The van der Waals surface area contributed by atoms with Gasteiger partial charge in [-0.05, 0) is 13.8 Å². The predicted molar refractivity (Wildman–Crippen MR) is 33.4 cm³/mol. The smallest absolute Gasteiger partial charge is 0.275 e. The molecule has 4 heteroatoms. The standard InChI is InChI=1S/C6H7N2O2/c1-3-5(6(7)9)4(2)10-8-3/h7H,1-2H3. The van der Waals surface area contributed by atoms with E-state index in [0.29, 0.717) is 11.5 Å². The maximum absolute atomic E-state index is 10.5. The normalized spacial score (nSPS) is 9.80. The highest BCUT2D eigenvalue weighted by atomic mass is 16.5. The van der Waals surface area contributed by atoms with Crippen LogP contribution in [0.1, 0.15) is 21.8 Å². The number of carbonyl (C=O) groups is 1. The van der Waals surface area contributed by atoms with Crippen LogP contribution >= 0.6 is 0 Å². The molecule has 0 fully saturated rings. The molecule has 0 aliphatic carbocycles. The fraction of sp³-hybridized carbons (Fsp3) is 0.333. The fourth-order valence-corrected chi connectivity index (χ4v) is 0.807. The van der Waals surface area contributed by atoms with Crippen LogP contribution in [0.5, 0.6) is 0 Å². The zero-order chi connectivity index (χ0) is 7.72. The summed E-state index contributed by atoms with van der Waals surface area (Å²) in [4.78, 5) is 10.5. The molecule has 53 valence electrons. The van der Waals surface area contributed by atoms with E-state index in [0.717, 1.165) is 0 Å². The molecule has 1 heterocycles. The molecule has 1 rings (SSSR count). The first-order valence-corrected chi connectivity index (χ1v) is 2.81. The summed E-state index contributed by atoms with van der Waals surface area (Å²) in [6.07, 6.45) is 0. The summed E-state index contributed by atoms with van der Waals surface area (Å²) >= 11 is 0. The van der Waals surface area contributed by atoms with Crippen LogP contribution in [0.2, 0.25) is 0 Å². The van der Waals surface area contributed by atoms with Crippen LogP contribution in [0, 0.1) is 13.8 Å². The molecule has 4 nitrogen and oxygen atoms in total. The van der Waals surface area contributed by atoms with Crippen LogP contribution in [-0.2, 0) is 0 Å². The van der Waals surface area contributed by atoms with E-state index >= 15 is 0 Å². The first-order chi connectivity index (χ1) is 4.63. The van der Waals surface area contributed by atoms with Gasteiger partial charge >= 0.3 is 0 Å². The van der Waals surface area contributed by atoms with Crippen molar-refractivity contribution in [3.63, 3.8) is 0 Å². The van der Waals surface area contributed by atoms with Crippen molar-refractivity contribution in [3.8, 4) is 0 Å². The van der Waals surface area contributed by atoms with Gasteiger partial charge in [0.25, 0.3) is 5.91 Å². The topological polar surface area (TPSA) is 66.9 Å². The van der Waals surface area contributed by atoms with Crippen LogP contribution in [-0.4, -0.2) is 11.1 Å². The zero-order valence-electron chi connectivity index (χ0n) is 5.76. The van der Waals surface area contributed by atoms with Gasteiger partial charge in [-0.3, -0.25) is 10.5 Å². The van der Waals surface area contributed by atoms with Gasteiger partial charge in [0.2, 0.25) is 0 Å². The second-order valence-electron chi connectivity index (χ2n) is 2.03. The summed E-state index contributed by atoms with van der Waals surface area (Å²) in [5.74, 6) is -0.325. The van der Waals surface area contributed by atoms with Crippen molar-refractivity contribution in [1.29, 1.82) is 0 Å². The molecule has 1 aromatic heterocycles. The number of hydrogen-bond acceptors (Lipinski definition) is 3. The van der Waals surface area contributed by atoms with Crippen LogP contribution in [0.3, 0.4) is 0 Å².